The Morgan fingerprint density at radius 1 is 1.37 bits per heavy atom. The van der Waals surface area contributed by atoms with Gasteiger partial charge in [-0.2, -0.15) is 0 Å². The van der Waals surface area contributed by atoms with Gasteiger partial charge in [0.05, 0.1) is 17.5 Å². The Labute approximate surface area is 112 Å². The van der Waals surface area contributed by atoms with Crippen LogP contribution in [0.5, 0.6) is 0 Å². The lowest BCUT2D eigenvalue weighted by atomic mass is 9.97. The summed E-state index contributed by atoms with van der Waals surface area (Å²) in [5, 5.41) is 8.84. The van der Waals surface area contributed by atoms with Crippen LogP contribution in [0.3, 0.4) is 0 Å². The minimum Gasteiger partial charge on any atom is -0.481 e. The van der Waals surface area contributed by atoms with Crippen molar-refractivity contribution in [1.29, 1.82) is 0 Å². The second-order valence-corrected chi connectivity index (χ2v) is 5.56. The van der Waals surface area contributed by atoms with Crippen LogP contribution < -0.4 is 0 Å². The molecule has 0 bridgehead atoms. The maximum absolute atomic E-state index is 10.8. The molecule has 2 rings (SSSR count). The van der Waals surface area contributed by atoms with Crippen molar-refractivity contribution in [3.63, 3.8) is 0 Å². The van der Waals surface area contributed by atoms with Gasteiger partial charge in [0, 0.05) is 6.42 Å². The lowest BCUT2D eigenvalue weighted by molar-refractivity contribution is -0.137. The van der Waals surface area contributed by atoms with Gasteiger partial charge in [0.1, 0.15) is 5.82 Å². The van der Waals surface area contributed by atoms with E-state index in [9.17, 15) is 4.79 Å². The second kappa shape index (κ2) is 5.43. The van der Waals surface area contributed by atoms with Crippen LogP contribution in [0.4, 0.5) is 0 Å². The number of aliphatic carboxylic acids is 1. The average Bonchev–Trinajstić information content (AvgIpc) is 2.67. The third-order valence-electron chi connectivity index (χ3n) is 3.21. The van der Waals surface area contributed by atoms with E-state index >= 15 is 0 Å². The quantitative estimate of drug-likeness (QED) is 0.866. The highest BCUT2D eigenvalue weighted by Gasteiger charge is 2.12. The van der Waals surface area contributed by atoms with Crippen LogP contribution in [0, 0.1) is 5.92 Å². The zero-order valence-corrected chi connectivity index (χ0v) is 11.6. The summed E-state index contributed by atoms with van der Waals surface area (Å²) in [7, 11) is 0. The molecular weight excluding hydrogens is 240 g/mol. The fourth-order valence-corrected chi connectivity index (χ4v) is 2.25. The number of H-pyrrole nitrogens is 1. The molecule has 1 aromatic carbocycles. The molecule has 4 heteroatoms. The molecule has 2 aromatic rings. The van der Waals surface area contributed by atoms with Gasteiger partial charge in [0.2, 0.25) is 0 Å². The lowest BCUT2D eigenvalue weighted by Gasteiger charge is -2.08. The predicted molar refractivity (Wildman–Crippen MR) is 75.3 cm³/mol. The molecule has 19 heavy (non-hydrogen) atoms. The zero-order chi connectivity index (χ0) is 14.0. The molecule has 1 atom stereocenters. The first-order chi connectivity index (χ1) is 8.95. The number of carboxylic acids is 1. The third-order valence-corrected chi connectivity index (χ3v) is 3.21. The van der Waals surface area contributed by atoms with E-state index in [1.54, 1.807) is 0 Å². The van der Waals surface area contributed by atoms with Crippen molar-refractivity contribution in [2.45, 2.75) is 39.5 Å². The summed E-state index contributed by atoms with van der Waals surface area (Å²) < 4.78 is 0. The van der Waals surface area contributed by atoms with Crippen LogP contribution in [0.2, 0.25) is 0 Å². The number of carbonyl (C=O) groups is 1. The number of nitrogens with zero attached hydrogens (tertiary/aromatic N) is 1. The van der Waals surface area contributed by atoms with Gasteiger partial charge in [-0.15, -0.1) is 0 Å². The van der Waals surface area contributed by atoms with Crippen molar-refractivity contribution >= 4 is 17.0 Å². The van der Waals surface area contributed by atoms with E-state index in [0.29, 0.717) is 5.92 Å². The Morgan fingerprint density at radius 2 is 2.11 bits per heavy atom. The molecule has 1 aromatic heterocycles. The van der Waals surface area contributed by atoms with Crippen LogP contribution in [0.25, 0.3) is 11.0 Å². The summed E-state index contributed by atoms with van der Waals surface area (Å²) in [6, 6.07) is 5.94. The molecule has 0 aliphatic heterocycles. The first-order valence-corrected chi connectivity index (χ1v) is 6.66. The van der Waals surface area contributed by atoms with E-state index < -0.39 is 5.97 Å². The number of nitrogens with one attached hydrogen (secondary N) is 1. The fraction of sp³-hybridized carbons (Fsp3) is 0.467. The number of hydrogen-bond donors (Lipinski definition) is 2. The smallest absolute Gasteiger partial charge is 0.303 e. The number of imidazole rings is 1. The van der Waals surface area contributed by atoms with Gasteiger partial charge in [-0.25, -0.2) is 4.98 Å². The first kappa shape index (κ1) is 13.6. The number of aromatic nitrogens is 2. The topological polar surface area (TPSA) is 66.0 Å². The van der Waals surface area contributed by atoms with Gasteiger partial charge >= 0.3 is 5.97 Å². The van der Waals surface area contributed by atoms with Gasteiger partial charge < -0.3 is 10.1 Å². The molecule has 0 saturated carbocycles. The Hall–Kier alpha value is -1.84. The third kappa shape index (κ3) is 3.34. The Kier molecular flexibility index (Phi) is 3.88. The van der Waals surface area contributed by atoms with Crippen molar-refractivity contribution in [3.05, 3.63) is 29.6 Å². The lowest BCUT2D eigenvalue weighted by Crippen LogP contribution is -2.02. The van der Waals surface area contributed by atoms with E-state index in [4.69, 9.17) is 5.11 Å². The number of benzene rings is 1. The van der Waals surface area contributed by atoms with E-state index in [0.717, 1.165) is 28.8 Å². The highest BCUT2D eigenvalue weighted by atomic mass is 16.4. The molecular formula is C15H20N2O2. The summed E-state index contributed by atoms with van der Waals surface area (Å²) in [5.41, 5.74) is 2.97. The van der Waals surface area contributed by atoms with Crippen molar-refractivity contribution in [3.8, 4) is 0 Å². The molecule has 102 valence electrons. The van der Waals surface area contributed by atoms with Gasteiger partial charge in [-0.1, -0.05) is 26.8 Å². The highest BCUT2D eigenvalue weighted by molar-refractivity contribution is 5.76. The highest BCUT2D eigenvalue weighted by Crippen LogP contribution is 2.23. The van der Waals surface area contributed by atoms with Crippen molar-refractivity contribution in [2.24, 2.45) is 5.92 Å². The SMILES string of the molecule is CC(C)Cc1nc2ccc(C(C)CC(=O)O)cc2[nH]1. The molecule has 1 heterocycles. The van der Waals surface area contributed by atoms with Crippen molar-refractivity contribution < 1.29 is 9.90 Å². The zero-order valence-electron chi connectivity index (χ0n) is 11.6. The van der Waals surface area contributed by atoms with Crippen LogP contribution >= 0.6 is 0 Å². The maximum Gasteiger partial charge on any atom is 0.303 e. The van der Waals surface area contributed by atoms with Crippen molar-refractivity contribution in [1.82, 2.24) is 9.97 Å². The molecule has 0 spiro atoms. The number of hydrogen-bond acceptors (Lipinski definition) is 2. The summed E-state index contributed by atoms with van der Waals surface area (Å²) in [6.07, 6.45) is 1.08. The molecule has 2 N–H and O–H groups in total. The number of rotatable bonds is 5. The van der Waals surface area contributed by atoms with Gasteiger partial charge in [-0.3, -0.25) is 4.79 Å². The summed E-state index contributed by atoms with van der Waals surface area (Å²) >= 11 is 0. The number of fused-ring (bicyclic) bond motifs is 1. The van der Waals surface area contributed by atoms with Gasteiger partial charge in [0.15, 0.2) is 0 Å². The van der Waals surface area contributed by atoms with Crippen LogP contribution in [-0.2, 0) is 11.2 Å². The minimum absolute atomic E-state index is 0.0127. The van der Waals surface area contributed by atoms with E-state index in [1.165, 1.54) is 0 Å². The largest absolute Gasteiger partial charge is 0.481 e. The Bertz CT molecular complexity index is 587. The van der Waals surface area contributed by atoms with E-state index in [1.807, 2.05) is 25.1 Å². The van der Waals surface area contributed by atoms with E-state index in [-0.39, 0.29) is 12.3 Å². The normalized spacial score (nSPS) is 13.1. The fourth-order valence-electron chi connectivity index (χ4n) is 2.25. The number of aromatic amines is 1. The summed E-state index contributed by atoms with van der Waals surface area (Å²) in [5.74, 6) is 0.801. The molecule has 0 saturated heterocycles. The van der Waals surface area contributed by atoms with Gasteiger partial charge in [-0.05, 0) is 29.5 Å². The molecule has 0 aliphatic rings. The monoisotopic (exact) mass is 260 g/mol. The standard InChI is InChI=1S/C15H20N2O2/c1-9(2)6-14-16-12-5-4-11(8-13(12)17-14)10(3)7-15(18)19/h4-5,8-10H,6-7H2,1-3H3,(H,16,17)(H,18,19). The van der Waals surface area contributed by atoms with E-state index in [2.05, 4.69) is 23.8 Å². The van der Waals surface area contributed by atoms with Crippen molar-refractivity contribution in [2.75, 3.05) is 0 Å². The first-order valence-electron chi connectivity index (χ1n) is 6.66. The summed E-state index contributed by atoms with van der Waals surface area (Å²) in [6.45, 7) is 6.25. The second-order valence-electron chi connectivity index (χ2n) is 5.56. The maximum atomic E-state index is 10.8. The Balaban J connectivity index is 2.27. The molecule has 0 radical (unpaired) electrons. The number of carboxylic acid groups (broad SMARTS) is 1. The molecule has 0 fully saturated rings. The molecule has 0 amide bonds. The predicted octanol–water partition coefficient (Wildman–Crippen LogP) is 3.34. The van der Waals surface area contributed by atoms with Gasteiger partial charge in [0.25, 0.3) is 0 Å². The molecule has 0 aliphatic carbocycles. The summed E-state index contributed by atoms with van der Waals surface area (Å²) in [4.78, 5) is 18.6. The van der Waals surface area contributed by atoms with Crippen LogP contribution in [-0.4, -0.2) is 21.0 Å². The average molecular weight is 260 g/mol. The molecule has 4 nitrogen and oxygen atoms in total. The molecule has 1 unspecified atom stereocenters. The van der Waals surface area contributed by atoms with Crippen LogP contribution in [0.1, 0.15) is 44.5 Å². The van der Waals surface area contributed by atoms with Crippen LogP contribution in [0.15, 0.2) is 18.2 Å². The minimum atomic E-state index is -0.766. The Morgan fingerprint density at radius 3 is 2.74 bits per heavy atom.